The lowest BCUT2D eigenvalue weighted by Crippen LogP contribution is -2.63. The second-order valence-electron chi connectivity index (χ2n) is 20.0. The van der Waals surface area contributed by atoms with E-state index in [4.69, 9.17) is 49.6 Å². The van der Waals surface area contributed by atoms with Crippen molar-refractivity contribution in [3.8, 4) is 5.75 Å². The van der Waals surface area contributed by atoms with Gasteiger partial charge in [-0.1, -0.05) is 54.8 Å². The summed E-state index contributed by atoms with van der Waals surface area (Å²) >= 11 is 6.84. The van der Waals surface area contributed by atoms with E-state index in [1.165, 1.54) is 54.1 Å². The molecule has 7 amide bonds. The average Bonchev–Trinajstić information content (AvgIpc) is 4.09. The molecular formula is C52H69ClN6O18. The molecule has 3 unspecified atom stereocenters. The molecule has 3 fully saturated rings. The number of anilines is 1. The van der Waals surface area contributed by atoms with E-state index in [1.54, 1.807) is 43.4 Å². The monoisotopic (exact) mass is 1100 g/mol. The topological polar surface area (TPSA) is 288 Å². The van der Waals surface area contributed by atoms with Crippen molar-refractivity contribution in [1.29, 1.82) is 0 Å². The first-order valence-corrected chi connectivity index (χ1v) is 25.7. The van der Waals surface area contributed by atoms with Crippen molar-refractivity contribution in [3.63, 3.8) is 0 Å². The third-order valence-corrected chi connectivity index (χ3v) is 14.6. The van der Waals surface area contributed by atoms with Gasteiger partial charge < -0.3 is 63.1 Å². The number of hydrogen-bond acceptors (Lipinski definition) is 18. The Labute approximate surface area is 451 Å². The molecule has 5 aliphatic rings. The normalized spacial score (nSPS) is 28.8. The number of epoxide rings is 1. The van der Waals surface area contributed by atoms with Crippen molar-refractivity contribution < 1.29 is 86.3 Å². The number of hydrogen-bond donors (Lipinski definition) is 3. The van der Waals surface area contributed by atoms with Crippen LogP contribution in [0.2, 0.25) is 5.02 Å². The minimum atomic E-state index is -1.94. The lowest BCUT2D eigenvalue weighted by molar-refractivity contribution is -0.199. The summed E-state index contributed by atoms with van der Waals surface area (Å²) in [5.41, 5.74) is -1.78. The van der Waals surface area contributed by atoms with Crippen molar-refractivity contribution in [3.05, 3.63) is 58.7 Å². The molecular weight excluding hydrogens is 1030 g/mol. The highest BCUT2D eigenvalue weighted by atomic mass is 35.5. The van der Waals surface area contributed by atoms with E-state index in [9.17, 15) is 48.3 Å². The smallest absolute Gasteiger partial charge is 0.410 e. The summed E-state index contributed by atoms with van der Waals surface area (Å²) in [7, 11) is 6.82. The number of likely N-dealkylation sites (N-methyl/N-ethyl adjacent to an activating group) is 3. The SMILES string of the molecule is COc1cc2cc(c1Cl)N(C)C(=O)[C@H](OC(=O)[C@H](C)N(C)C(=O)CCOC(=O)NC(CN(C)C(=O)OC1/C=C/CCCCC1)C(=O)ON1C(=O)CCC1=O)[C@]1(C)OC1[C@H](C)[C@@H]1C[C@@](O)(NC(=O)O1)[C@H](OC)/C=C/C=C(\C)C2. The van der Waals surface area contributed by atoms with Gasteiger partial charge in [-0.25, -0.2) is 24.0 Å². The van der Waals surface area contributed by atoms with Crippen LogP contribution >= 0.6 is 11.6 Å². The van der Waals surface area contributed by atoms with Crippen LogP contribution in [0.15, 0.2) is 48.1 Å². The van der Waals surface area contributed by atoms with Gasteiger partial charge in [-0.2, -0.15) is 0 Å². The minimum Gasteiger partial charge on any atom is -0.495 e. The maximum Gasteiger partial charge on any atom is 0.410 e. The molecule has 77 heavy (non-hydrogen) atoms. The predicted octanol–water partition coefficient (Wildman–Crippen LogP) is 4.17. The number of methoxy groups -OCH3 is 2. The van der Waals surface area contributed by atoms with Crippen molar-refractivity contribution in [2.24, 2.45) is 5.92 Å². The molecule has 0 spiro atoms. The summed E-state index contributed by atoms with van der Waals surface area (Å²) in [5.74, 6) is -5.87. The first-order valence-electron chi connectivity index (χ1n) is 25.4. The molecule has 4 heterocycles. The second kappa shape index (κ2) is 25.6. The number of fused-ring (bicyclic) bond motifs is 5. The number of allylic oxidation sites excluding steroid dienone is 4. The third-order valence-electron chi connectivity index (χ3n) is 14.2. The number of aliphatic hydroxyl groups is 1. The van der Waals surface area contributed by atoms with Gasteiger partial charge >= 0.3 is 30.2 Å². The van der Waals surface area contributed by atoms with Gasteiger partial charge in [-0.05, 0) is 76.6 Å². The number of benzene rings is 1. The Kier molecular flexibility index (Phi) is 19.8. The van der Waals surface area contributed by atoms with Gasteiger partial charge in [-0.15, -0.1) is 5.06 Å². The molecule has 422 valence electrons. The van der Waals surface area contributed by atoms with Crippen LogP contribution in [0.1, 0.15) is 91.0 Å². The first kappa shape index (κ1) is 59.5. The van der Waals surface area contributed by atoms with Crippen molar-refractivity contribution in [2.75, 3.05) is 53.4 Å². The lowest BCUT2D eigenvalue weighted by Gasteiger charge is -2.42. The number of imide groups is 1. The van der Waals surface area contributed by atoms with Crippen LogP contribution in [0.3, 0.4) is 0 Å². The van der Waals surface area contributed by atoms with Crippen LogP contribution in [-0.4, -0.2) is 176 Å². The molecule has 0 aromatic heterocycles. The number of carbonyl (C=O) groups is 9. The molecule has 25 heteroatoms. The van der Waals surface area contributed by atoms with Gasteiger partial charge in [0.05, 0.1) is 31.9 Å². The zero-order chi connectivity index (χ0) is 56.5. The fourth-order valence-electron chi connectivity index (χ4n) is 9.44. The highest BCUT2D eigenvalue weighted by molar-refractivity contribution is 6.35. The third kappa shape index (κ3) is 14.4. The number of amides is 7. The Morgan fingerprint density at radius 3 is 2.42 bits per heavy atom. The van der Waals surface area contributed by atoms with Gasteiger partial charge in [0.2, 0.25) is 12.0 Å². The highest BCUT2D eigenvalue weighted by Gasteiger charge is 2.66. The maximum atomic E-state index is 14.9. The van der Waals surface area contributed by atoms with Gasteiger partial charge in [0.15, 0.2) is 5.72 Å². The molecule has 10 atom stereocenters. The molecule has 1 aromatic rings. The fraction of sp³-hybridized carbons (Fsp3) is 0.596. The Bertz CT molecular complexity index is 2520. The molecule has 3 saturated heterocycles. The van der Waals surface area contributed by atoms with Gasteiger partial charge in [-0.3, -0.25) is 24.5 Å². The van der Waals surface area contributed by atoms with Crippen LogP contribution in [0, 0.1) is 5.92 Å². The van der Waals surface area contributed by atoms with E-state index in [1.807, 2.05) is 13.0 Å². The van der Waals surface area contributed by atoms with Crippen LogP contribution in [0.4, 0.5) is 20.1 Å². The Morgan fingerprint density at radius 2 is 1.73 bits per heavy atom. The molecule has 0 radical (unpaired) electrons. The van der Waals surface area contributed by atoms with E-state index in [2.05, 4.69) is 10.6 Å². The number of rotatable bonds is 14. The summed E-state index contributed by atoms with van der Waals surface area (Å²) in [6, 6.07) is 0.332. The van der Waals surface area contributed by atoms with Crippen LogP contribution in [0.5, 0.6) is 5.75 Å². The molecule has 1 aliphatic carbocycles. The van der Waals surface area contributed by atoms with E-state index in [0.29, 0.717) is 18.4 Å². The highest BCUT2D eigenvalue weighted by Crippen LogP contribution is 2.49. The summed E-state index contributed by atoms with van der Waals surface area (Å²) < 4.78 is 40.0. The van der Waals surface area contributed by atoms with E-state index < -0.39 is 133 Å². The summed E-state index contributed by atoms with van der Waals surface area (Å²) in [6.07, 6.45) is 4.06. The van der Waals surface area contributed by atoms with E-state index in [0.717, 1.165) is 41.1 Å². The first-order chi connectivity index (χ1) is 36.4. The minimum absolute atomic E-state index is 0.0780. The number of halogens is 1. The molecule has 4 aliphatic heterocycles. The van der Waals surface area contributed by atoms with Crippen LogP contribution in [0.25, 0.3) is 0 Å². The molecule has 3 N–H and O–H groups in total. The Morgan fingerprint density at radius 1 is 1.01 bits per heavy atom. The van der Waals surface area contributed by atoms with Crippen molar-refractivity contribution >= 4 is 71.1 Å². The van der Waals surface area contributed by atoms with Crippen molar-refractivity contribution in [2.45, 2.75) is 146 Å². The zero-order valence-electron chi connectivity index (χ0n) is 44.7. The summed E-state index contributed by atoms with van der Waals surface area (Å²) in [5, 5.41) is 16.9. The summed E-state index contributed by atoms with van der Waals surface area (Å²) in [6.45, 7) is 5.29. The molecule has 24 nitrogen and oxygen atoms in total. The number of ether oxygens (including phenoxy) is 7. The number of hydroxylamine groups is 2. The Hall–Kier alpha value is -6.76. The molecule has 6 rings (SSSR count). The van der Waals surface area contributed by atoms with Gasteiger partial charge in [0, 0.05) is 53.4 Å². The molecule has 0 saturated carbocycles. The summed E-state index contributed by atoms with van der Waals surface area (Å²) in [4.78, 5) is 128. The second-order valence-corrected chi connectivity index (χ2v) is 20.4. The zero-order valence-corrected chi connectivity index (χ0v) is 45.5. The van der Waals surface area contributed by atoms with Gasteiger partial charge in [0.25, 0.3) is 17.7 Å². The quantitative estimate of drug-likeness (QED) is 0.0774. The van der Waals surface area contributed by atoms with Crippen LogP contribution in [-0.2, 0) is 68.4 Å². The lowest BCUT2D eigenvalue weighted by atomic mass is 9.84. The number of esters is 1. The predicted molar refractivity (Wildman–Crippen MR) is 272 cm³/mol. The number of nitrogens with one attached hydrogen (secondary N) is 2. The van der Waals surface area contributed by atoms with E-state index in [-0.39, 0.29) is 40.8 Å². The van der Waals surface area contributed by atoms with Crippen molar-refractivity contribution in [1.82, 2.24) is 25.5 Å². The number of carbonyl (C=O) groups excluding carboxylic acids is 9. The number of alkyl carbamates (subject to hydrolysis) is 2. The largest absolute Gasteiger partial charge is 0.495 e. The number of nitrogens with zero attached hydrogens (tertiary/aromatic N) is 4. The van der Waals surface area contributed by atoms with Crippen LogP contribution < -0.4 is 20.3 Å². The Balaban J connectivity index is 1.16. The van der Waals surface area contributed by atoms with Gasteiger partial charge in [0.1, 0.15) is 53.4 Å². The maximum absolute atomic E-state index is 14.9. The average molecular weight is 1100 g/mol. The fourth-order valence-corrected chi connectivity index (χ4v) is 9.75. The molecule has 1 aromatic carbocycles. The molecule has 4 bridgehead atoms. The van der Waals surface area contributed by atoms with E-state index >= 15 is 0 Å². The standard InChI is InChI=1S/C52H69ClN6O18/c1-29-16-15-19-38(71-9)52(69)27-37(74-49(67)55-52)30(2)43-51(4,76-43)44(45(63)58(7)35-25-32(24-29)26-36(70-8)42(35)53)75-46(64)31(3)57(6)39(60)22-23-72-48(66)54-34(47(65)77-59-40(61)20-21-41(59)62)28-56(5)50(68)73-33-17-13-11-10-12-14-18-33/h13,15-17,19,25-26,30-31,33-34,37-38,43-44,69H,10-12,14,18,20-24,27-28H2,1-9H3,(H,54,66)(H,55,67)/b17-13+,19-15+,29-16+/t30-,31+,33?,34?,37+,38-,43?,44+,51-,52+/m1/s1.